The lowest BCUT2D eigenvalue weighted by atomic mass is 10.3. The number of nitrogens with zero attached hydrogens (tertiary/aromatic N) is 1. The zero-order chi connectivity index (χ0) is 16.1. The lowest BCUT2D eigenvalue weighted by Gasteiger charge is -2.09. The first-order chi connectivity index (χ1) is 11.3. The zero-order valence-corrected chi connectivity index (χ0v) is 14.2. The molecule has 0 aliphatic rings. The molecule has 0 aliphatic carbocycles. The molecule has 0 unspecified atom stereocenters. The highest BCUT2D eigenvalue weighted by Crippen LogP contribution is 2.28. The van der Waals surface area contributed by atoms with E-state index in [4.69, 9.17) is 9.47 Å². The molecule has 0 bridgehead atoms. The van der Waals surface area contributed by atoms with Gasteiger partial charge < -0.3 is 9.47 Å². The molecule has 4 nitrogen and oxygen atoms in total. The Hall–Kier alpha value is -2.18. The predicted octanol–water partition coefficient (Wildman–Crippen LogP) is 4.42. The zero-order valence-electron chi connectivity index (χ0n) is 12.5. The van der Waals surface area contributed by atoms with Gasteiger partial charge in [-0.15, -0.1) is 11.3 Å². The predicted molar refractivity (Wildman–Crippen MR) is 92.4 cm³/mol. The van der Waals surface area contributed by atoms with Crippen molar-refractivity contribution in [2.75, 3.05) is 6.61 Å². The van der Waals surface area contributed by atoms with Gasteiger partial charge in [-0.25, -0.2) is 4.98 Å². The van der Waals surface area contributed by atoms with Crippen LogP contribution in [0.1, 0.15) is 12.6 Å². The first kappa shape index (κ1) is 15.7. The first-order valence-electron chi connectivity index (χ1n) is 7.15. The van der Waals surface area contributed by atoms with Crippen LogP contribution in [0.5, 0.6) is 11.5 Å². The van der Waals surface area contributed by atoms with Crippen LogP contribution < -0.4 is 9.47 Å². The van der Waals surface area contributed by atoms with E-state index >= 15 is 0 Å². The third-order valence-electron chi connectivity index (χ3n) is 3.02. The molecule has 118 valence electrons. The van der Waals surface area contributed by atoms with Crippen LogP contribution in [0, 0.1) is 0 Å². The summed E-state index contributed by atoms with van der Waals surface area (Å²) >= 11 is 3.16. The molecule has 0 atom stereocenters. The van der Waals surface area contributed by atoms with Gasteiger partial charge >= 0.3 is 5.97 Å². The maximum Gasteiger partial charge on any atom is 0.317 e. The second-order valence-electron chi connectivity index (χ2n) is 4.69. The van der Waals surface area contributed by atoms with Gasteiger partial charge in [-0.05, 0) is 30.5 Å². The smallest absolute Gasteiger partial charge is 0.317 e. The highest BCUT2D eigenvalue weighted by atomic mass is 32.1. The van der Waals surface area contributed by atoms with E-state index in [0.717, 1.165) is 16.3 Å². The monoisotopic (exact) mass is 345 g/mol. The van der Waals surface area contributed by atoms with E-state index in [0.29, 0.717) is 18.1 Å². The van der Waals surface area contributed by atoms with Crippen molar-refractivity contribution < 1.29 is 14.3 Å². The molecule has 6 heteroatoms. The van der Waals surface area contributed by atoms with Gasteiger partial charge in [-0.1, -0.05) is 12.1 Å². The molecular weight excluding hydrogens is 330 g/mol. The molecule has 2 aromatic heterocycles. The van der Waals surface area contributed by atoms with Crippen molar-refractivity contribution in [1.82, 2.24) is 4.98 Å². The lowest BCUT2D eigenvalue weighted by Crippen LogP contribution is -2.12. The van der Waals surface area contributed by atoms with Crippen molar-refractivity contribution in [2.24, 2.45) is 0 Å². The largest absolute Gasteiger partial charge is 0.490 e. The summed E-state index contributed by atoms with van der Waals surface area (Å²) in [7, 11) is 0. The van der Waals surface area contributed by atoms with Gasteiger partial charge in [0.2, 0.25) is 0 Å². The number of esters is 1. The first-order valence-corrected chi connectivity index (χ1v) is 8.98. The van der Waals surface area contributed by atoms with Gasteiger partial charge in [-0.3, -0.25) is 4.79 Å². The minimum absolute atomic E-state index is 0.140. The molecule has 2 heterocycles. The maximum atomic E-state index is 12.1. The third-order valence-corrected chi connectivity index (χ3v) is 4.64. The molecule has 0 aliphatic heterocycles. The van der Waals surface area contributed by atoms with Gasteiger partial charge in [0.1, 0.15) is 5.01 Å². The molecule has 0 spiro atoms. The van der Waals surface area contributed by atoms with E-state index in [1.54, 1.807) is 23.5 Å². The summed E-state index contributed by atoms with van der Waals surface area (Å²) in [6, 6.07) is 9.17. The van der Waals surface area contributed by atoms with Crippen molar-refractivity contribution in [3.05, 3.63) is 52.2 Å². The molecule has 23 heavy (non-hydrogen) atoms. The summed E-state index contributed by atoms with van der Waals surface area (Å²) in [5.74, 6) is 0.660. The van der Waals surface area contributed by atoms with Gasteiger partial charge in [0.15, 0.2) is 11.5 Å². The molecule has 0 fully saturated rings. The number of hydrogen-bond donors (Lipinski definition) is 0. The number of hydrogen-bond acceptors (Lipinski definition) is 6. The maximum absolute atomic E-state index is 12.1. The summed E-state index contributed by atoms with van der Waals surface area (Å²) in [5, 5.41) is 6.86. The lowest BCUT2D eigenvalue weighted by molar-refractivity contribution is -0.133. The Balaban J connectivity index is 1.66. The SMILES string of the molecule is CCOc1ccccc1OC(=O)Cc1csc(-c2ccsc2)n1. The quantitative estimate of drug-likeness (QED) is 0.490. The second-order valence-corrected chi connectivity index (χ2v) is 6.32. The fourth-order valence-electron chi connectivity index (χ4n) is 2.02. The van der Waals surface area contributed by atoms with Gasteiger partial charge in [0.25, 0.3) is 0 Å². The van der Waals surface area contributed by atoms with Crippen molar-refractivity contribution in [2.45, 2.75) is 13.3 Å². The van der Waals surface area contributed by atoms with Crippen LogP contribution in [0.2, 0.25) is 0 Å². The van der Waals surface area contributed by atoms with Crippen LogP contribution >= 0.6 is 22.7 Å². The molecule has 1 aromatic carbocycles. The van der Waals surface area contributed by atoms with Crippen LogP contribution in [-0.4, -0.2) is 17.6 Å². The van der Waals surface area contributed by atoms with Gasteiger partial charge in [-0.2, -0.15) is 11.3 Å². The number of carbonyl (C=O) groups excluding carboxylic acids is 1. The number of aromatic nitrogens is 1. The molecular formula is C17H15NO3S2. The number of thiophene rings is 1. The molecule has 0 saturated heterocycles. The number of para-hydroxylation sites is 2. The summed E-state index contributed by atoms with van der Waals surface area (Å²) in [4.78, 5) is 16.6. The van der Waals surface area contributed by atoms with Crippen LogP contribution in [0.25, 0.3) is 10.6 Å². The van der Waals surface area contributed by atoms with E-state index < -0.39 is 0 Å². The molecule has 0 radical (unpaired) electrons. The summed E-state index contributed by atoms with van der Waals surface area (Å²) in [6.45, 7) is 2.41. The number of benzene rings is 1. The van der Waals surface area contributed by atoms with Gasteiger partial charge in [0, 0.05) is 16.3 Å². The number of thiazole rings is 1. The fourth-order valence-corrected chi connectivity index (χ4v) is 3.55. The summed E-state index contributed by atoms with van der Waals surface area (Å²) < 4.78 is 10.9. The molecule has 0 saturated carbocycles. The van der Waals surface area contributed by atoms with Crippen molar-refractivity contribution >= 4 is 28.6 Å². The topological polar surface area (TPSA) is 48.4 Å². The van der Waals surface area contributed by atoms with E-state index in [9.17, 15) is 4.79 Å². The Labute approximate surface area is 142 Å². The third kappa shape index (κ3) is 3.97. The van der Waals surface area contributed by atoms with Crippen molar-refractivity contribution in [1.29, 1.82) is 0 Å². The Morgan fingerprint density at radius 1 is 1.17 bits per heavy atom. The Morgan fingerprint density at radius 3 is 2.74 bits per heavy atom. The molecule has 3 rings (SSSR count). The Morgan fingerprint density at radius 2 is 2.00 bits per heavy atom. The minimum atomic E-state index is -0.348. The summed E-state index contributed by atoms with van der Waals surface area (Å²) in [5.41, 5.74) is 1.80. The number of ether oxygens (including phenoxy) is 2. The van der Waals surface area contributed by atoms with E-state index in [2.05, 4.69) is 4.98 Å². The fraction of sp³-hybridized carbons (Fsp3) is 0.176. The average Bonchev–Trinajstić information content (AvgIpc) is 3.20. The van der Waals surface area contributed by atoms with Crippen LogP contribution in [-0.2, 0) is 11.2 Å². The van der Waals surface area contributed by atoms with Gasteiger partial charge in [0.05, 0.1) is 18.7 Å². The number of rotatable bonds is 6. The molecule has 0 N–H and O–H groups in total. The van der Waals surface area contributed by atoms with E-state index in [-0.39, 0.29) is 12.4 Å². The Kier molecular flexibility index (Phi) is 5.05. The summed E-state index contributed by atoms with van der Waals surface area (Å²) in [6.07, 6.45) is 0.140. The van der Waals surface area contributed by atoms with Crippen molar-refractivity contribution in [3.63, 3.8) is 0 Å². The normalized spacial score (nSPS) is 10.5. The molecule has 3 aromatic rings. The number of carbonyl (C=O) groups is 1. The van der Waals surface area contributed by atoms with E-state index in [1.807, 2.05) is 41.3 Å². The Bertz CT molecular complexity index is 781. The van der Waals surface area contributed by atoms with Crippen molar-refractivity contribution in [3.8, 4) is 22.1 Å². The van der Waals surface area contributed by atoms with Crippen LogP contribution in [0.4, 0.5) is 0 Å². The van der Waals surface area contributed by atoms with Crippen LogP contribution in [0.15, 0.2) is 46.5 Å². The minimum Gasteiger partial charge on any atom is -0.490 e. The van der Waals surface area contributed by atoms with Crippen LogP contribution in [0.3, 0.4) is 0 Å². The van der Waals surface area contributed by atoms with E-state index in [1.165, 1.54) is 11.3 Å². The highest BCUT2D eigenvalue weighted by Gasteiger charge is 2.13. The standard InChI is InChI=1S/C17H15NO3S2/c1-2-20-14-5-3-4-6-15(14)21-16(19)9-13-11-23-17(18-13)12-7-8-22-10-12/h3-8,10-11H,2,9H2,1H3. The second kappa shape index (κ2) is 7.39. The molecule has 0 amide bonds. The highest BCUT2D eigenvalue weighted by molar-refractivity contribution is 7.14. The average molecular weight is 345 g/mol.